The summed E-state index contributed by atoms with van der Waals surface area (Å²) in [5, 5.41) is 4.33. The largest absolute Gasteiger partial charge is 0.465 e. The van der Waals surface area contributed by atoms with Crippen molar-refractivity contribution >= 4 is 17.6 Å². The van der Waals surface area contributed by atoms with Gasteiger partial charge in [0.05, 0.1) is 18.4 Å². The molecule has 7 heteroatoms. The van der Waals surface area contributed by atoms with E-state index in [1.807, 2.05) is 0 Å². The van der Waals surface area contributed by atoms with E-state index in [1.165, 1.54) is 13.2 Å². The van der Waals surface area contributed by atoms with Crippen molar-refractivity contribution < 1.29 is 28.4 Å². The number of hydrogen-bond acceptors (Lipinski definition) is 3. The molecule has 0 unspecified atom stereocenters. The van der Waals surface area contributed by atoms with E-state index < -0.39 is 17.6 Å². The van der Waals surface area contributed by atoms with Crippen molar-refractivity contribution in [3.05, 3.63) is 65.2 Å². The van der Waals surface area contributed by atoms with E-state index in [9.17, 15) is 18.4 Å². The quantitative estimate of drug-likeness (QED) is 0.784. The number of quaternary nitrogens is 1. The second kappa shape index (κ2) is 8.34. The molecule has 1 amide bonds. The predicted octanol–water partition coefficient (Wildman–Crippen LogP) is 2.01. The Bertz CT molecular complexity index is 781. The SMILES string of the molecule is COC(=O)c1ccccc1NC(=O)C[NH2+][C@H](C)c1ccc(F)c(F)c1. The van der Waals surface area contributed by atoms with Gasteiger partial charge in [-0.05, 0) is 37.3 Å². The molecule has 0 saturated heterocycles. The van der Waals surface area contributed by atoms with E-state index in [4.69, 9.17) is 0 Å². The second-order valence-electron chi connectivity index (χ2n) is 5.49. The Balaban J connectivity index is 1.97. The van der Waals surface area contributed by atoms with Crippen LogP contribution in [0.5, 0.6) is 0 Å². The van der Waals surface area contributed by atoms with Crippen LogP contribution in [0.25, 0.3) is 0 Å². The van der Waals surface area contributed by atoms with Crippen molar-refractivity contribution in [2.24, 2.45) is 0 Å². The van der Waals surface area contributed by atoms with Crippen LogP contribution in [0.4, 0.5) is 14.5 Å². The van der Waals surface area contributed by atoms with Gasteiger partial charge >= 0.3 is 5.97 Å². The Morgan fingerprint density at radius 2 is 1.88 bits per heavy atom. The van der Waals surface area contributed by atoms with Gasteiger partial charge in [-0.25, -0.2) is 13.6 Å². The number of carbonyl (C=O) groups excluding carboxylic acids is 2. The first-order chi connectivity index (χ1) is 11.9. The van der Waals surface area contributed by atoms with E-state index in [2.05, 4.69) is 10.1 Å². The maximum atomic E-state index is 13.3. The molecule has 2 rings (SSSR count). The van der Waals surface area contributed by atoms with Crippen molar-refractivity contribution in [2.45, 2.75) is 13.0 Å². The lowest BCUT2D eigenvalue weighted by molar-refractivity contribution is -0.682. The fourth-order valence-electron chi connectivity index (χ4n) is 2.30. The maximum Gasteiger partial charge on any atom is 0.339 e. The van der Waals surface area contributed by atoms with E-state index >= 15 is 0 Å². The second-order valence-corrected chi connectivity index (χ2v) is 5.49. The van der Waals surface area contributed by atoms with E-state index in [-0.39, 0.29) is 24.1 Å². The molecule has 3 N–H and O–H groups in total. The van der Waals surface area contributed by atoms with Crippen LogP contribution in [0.1, 0.15) is 28.9 Å². The molecule has 1 atom stereocenters. The minimum Gasteiger partial charge on any atom is -0.465 e. The van der Waals surface area contributed by atoms with E-state index in [1.54, 1.807) is 36.5 Å². The Labute approximate surface area is 144 Å². The molecule has 0 saturated carbocycles. The summed E-state index contributed by atoms with van der Waals surface area (Å²) < 4.78 is 30.9. The molecule has 2 aromatic carbocycles. The molecule has 25 heavy (non-hydrogen) atoms. The summed E-state index contributed by atoms with van der Waals surface area (Å²) in [7, 11) is 1.26. The number of rotatable bonds is 6. The Morgan fingerprint density at radius 1 is 1.16 bits per heavy atom. The van der Waals surface area contributed by atoms with Gasteiger partial charge in [-0.3, -0.25) is 4.79 Å². The molecule has 132 valence electrons. The fourth-order valence-corrected chi connectivity index (χ4v) is 2.30. The highest BCUT2D eigenvalue weighted by Gasteiger charge is 2.16. The van der Waals surface area contributed by atoms with Crippen molar-refractivity contribution in [1.82, 2.24) is 0 Å². The highest BCUT2D eigenvalue weighted by atomic mass is 19.2. The zero-order chi connectivity index (χ0) is 18.4. The summed E-state index contributed by atoms with van der Waals surface area (Å²) in [6.45, 7) is 1.83. The van der Waals surface area contributed by atoms with Gasteiger partial charge in [-0.2, -0.15) is 0 Å². The van der Waals surface area contributed by atoms with Crippen molar-refractivity contribution in [1.29, 1.82) is 0 Å². The van der Waals surface area contributed by atoms with Gasteiger partial charge in [-0.15, -0.1) is 0 Å². The van der Waals surface area contributed by atoms with Crippen LogP contribution in [0.15, 0.2) is 42.5 Å². The number of carbonyl (C=O) groups is 2. The molecule has 0 heterocycles. The highest BCUT2D eigenvalue weighted by molar-refractivity contribution is 6.01. The van der Waals surface area contributed by atoms with Crippen molar-refractivity contribution in [3.8, 4) is 0 Å². The van der Waals surface area contributed by atoms with Crippen LogP contribution in [-0.2, 0) is 9.53 Å². The third-order valence-electron chi connectivity index (χ3n) is 3.73. The lowest BCUT2D eigenvalue weighted by Crippen LogP contribution is -2.86. The van der Waals surface area contributed by atoms with Gasteiger partial charge in [0.2, 0.25) is 0 Å². The third kappa shape index (κ3) is 4.84. The number of hydrogen-bond donors (Lipinski definition) is 2. The molecule has 0 aromatic heterocycles. The minimum absolute atomic E-state index is 0.0513. The average Bonchev–Trinajstić information content (AvgIpc) is 2.61. The predicted molar refractivity (Wildman–Crippen MR) is 88.0 cm³/mol. The molecular formula is C18H19F2N2O3+. The number of esters is 1. The summed E-state index contributed by atoms with van der Waals surface area (Å²) in [5.41, 5.74) is 1.18. The van der Waals surface area contributed by atoms with Crippen LogP contribution in [0.2, 0.25) is 0 Å². The lowest BCUT2D eigenvalue weighted by atomic mass is 10.1. The van der Waals surface area contributed by atoms with Crippen LogP contribution in [0, 0.1) is 11.6 Å². The van der Waals surface area contributed by atoms with Crippen LogP contribution in [0.3, 0.4) is 0 Å². The van der Waals surface area contributed by atoms with Crippen LogP contribution < -0.4 is 10.6 Å². The van der Waals surface area contributed by atoms with Crippen LogP contribution >= 0.6 is 0 Å². The van der Waals surface area contributed by atoms with E-state index in [0.717, 1.165) is 12.1 Å². The topological polar surface area (TPSA) is 72.0 Å². The lowest BCUT2D eigenvalue weighted by Gasteiger charge is -2.12. The first kappa shape index (κ1) is 18.5. The number of amides is 1. The standard InChI is InChI=1S/C18H18F2N2O3/c1-11(12-7-8-14(19)15(20)9-12)21-10-17(23)22-16-6-4-3-5-13(16)18(24)25-2/h3-9,11,21H,10H2,1-2H3,(H,22,23)/p+1/t11-/m1/s1. The van der Waals surface area contributed by atoms with E-state index in [0.29, 0.717) is 11.3 Å². The normalized spacial score (nSPS) is 11.7. The summed E-state index contributed by atoms with van der Waals surface area (Å²) in [6, 6.07) is 9.91. The number of anilines is 1. The average molecular weight is 349 g/mol. The first-order valence-electron chi connectivity index (χ1n) is 7.68. The molecule has 0 aliphatic rings. The number of methoxy groups -OCH3 is 1. The monoisotopic (exact) mass is 349 g/mol. The van der Waals surface area contributed by atoms with Gasteiger partial charge in [0.15, 0.2) is 18.2 Å². The number of para-hydroxylation sites is 1. The van der Waals surface area contributed by atoms with Gasteiger partial charge in [-0.1, -0.05) is 12.1 Å². The van der Waals surface area contributed by atoms with Crippen molar-refractivity contribution in [2.75, 3.05) is 19.0 Å². The van der Waals surface area contributed by atoms with Gasteiger partial charge < -0.3 is 15.4 Å². The molecule has 0 aliphatic heterocycles. The Morgan fingerprint density at radius 3 is 2.56 bits per heavy atom. The Hall–Kier alpha value is -2.80. The highest BCUT2D eigenvalue weighted by Crippen LogP contribution is 2.16. The molecule has 2 aromatic rings. The number of halogens is 2. The van der Waals surface area contributed by atoms with Crippen molar-refractivity contribution in [3.63, 3.8) is 0 Å². The summed E-state index contributed by atoms with van der Waals surface area (Å²) in [6.07, 6.45) is 0. The molecule has 5 nitrogen and oxygen atoms in total. The smallest absolute Gasteiger partial charge is 0.339 e. The van der Waals surface area contributed by atoms with Gasteiger partial charge in [0.25, 0.3) is 5.91 Å². The van der Waals surface area contributed by atoms with Gasteiger partial charge in [0, 0.05) is 5.56 Å². The molecular weight excluding hydrogens is 330 g/mol. The molecule has 0 radical (unpaired) electrons. The first-order valence-corrected chi connectivity index (χ1v) is 7.68. The van der Waals surface area contributed by atoms with Gasteiger partial charge in [0.1, 0.15) is 6.04 Å². The summed E-state index contributed by atoms with van der Waals surface area (Å²) in [5.74, 6) is -2.71. The molecule has 0 fully saturated rings. The number of nitrogens with two attached hydrogens (primary N) is 1. The molecule has 0 bridgehead atoms. The Kier molecular flexibility index (Phi) is 6.19. The summed E-state index contributed by atoms with van der Waals surface area (Å²) in [4.78, 5) is 23.8. The van der Waals surface area contributed by atoms with Crippen LogP contribution in [-0.4, -0.2) is 25.5 Å². The molecule has 0 aliphatic carbocycles. The third-order valence-corrected chi connectivity index (χ3v) is 3.73. The number of benzene rings is 2. The summed E-state index contributed by atoms with van der Waals surface area (Å²) >= 11 is 0. The zero-order valence-electron chi connectivity index (χ0n) is 13.9. The molecule has 0 spiro atoms. The maximum absolute atomic E-state index is 13.3. The zero-order valence-corrected chi connectivity index (χ0v) is 13.9. The number of ether oxygens (including phenoxy) is 1. The minimum atomic E-state index is -0.922. The number of nitrogens with one attached hydrogen (secondary N) is 1. The fraction of sp³-hybridized carbons (Fsp3) is 0.222.